The number of benzene rings is 1. The van der Waals surface area contributed by atoms with E-state index in [2.05, 4.69) is 10.4 Å². The van der Waals surface area contributed by atoms with Gasteiger partial charge in [0.05, 0.1) is 24.5 Å². The lowest BCUT2D eigenvalue weighted by Gasteiger charge is -2.18. The normalized spacial score (nSPS) is 16.5. The number of nitrogens with one attached hydrogen (secondary N) is 1. The van der Waals surface area contributed by atoms with E-state index < -0.39 is 36.1 Å². The third-order valence-electron chi connectivity index (χ3n) is 5.24. The Bertz CT molecular complexity index is 1090. The van der Waals surface area contributed by atoms with Crippen molar-refractivity contribution in [1.82, 2.24) is 14.7 Å². The molecule has 164 valence electrons. The van der Waals surface area contributed by atoms with Crippen LogP contribution in [0.2, 0.25) is 0 Å². The molecule has 11 heteroatoms. The summed E-state index contributed by atoms with van der Waals surface area (Å²) in [5, 5.41) is 15.5. The van der Waals surface area contributed by atoms with Gasteiger partial charge < -0.3 is 10.4 Å². The number of halogens is 4. The molecule has 7 nitrogen and oxygen atoms in total. The number of rotatable bonds is 5. The number of aliphatic hydroxyl groups is 1. The summed E-state index contributed by atoms with van der Waals surface area (Å²) in [5.74, 6) is -2.07. The molecule has 0 bridgehead atoms. The Kier molecular flexibility index (Phi) is 5.29. The molecular weight excluding hydrogens is 420 g/mol. The van der Waals surface area contributed by atoms with Crippen molar-refractivity contribution in [3.05, 3.63) is 52.7 Å². The summed E-state index contributed by atoms with van der Waals surface area (Å²) < 4.78 is 55.7. The summed E-state index contributed by atoms with van der Waals surface area (Å²) in [7, 11) is 0. The van der Waals surface area contributed by atoms with E-state index in [9.17, 15) is 27.2 Å². The van der Waals surface area contributed by atoms with Gasteiger partial charge in [-0.3, -0.25) is 14.5 Å². The maximum atomic E-state index is 14.0. The van der Waals surface area contributed by atoms with Crippen molar-refractivity contribution in [3.63, 3.8) is 0 Å². The Labute approximate surface area is 173 Å². The highest BCUT2D eigenvalue weighted by molar-refractivity contribution is 6.17. The number of carbonyl (C=O) groups is 2. The number of hydrogen-bond acceptors (Lipinski definition) is 5. The molecule has 0 spiro atoms. The lowest BCUT2D eigenvalue weighted by Crippen LogP contribution is -2.34. The second-order valence-corrected chi connectivity index (χ2v) is 7.25. The number of aromatic nitrogens is 2. The molecule has 0 saturated heterocycles. The molecule has 1 aliphatic heterocycles. The molecule has 1 aliphatic carbocycles. The molecule has 2 amide bonds. The zero-order valence-electron chi connectivity index (χ0n) is 16.2. The van der Waals surface area contributed by atoms with Crippen LogP contribution in [0.3, 0.4) is 0 Å². The van der Waals surface area contributed by atoms with Crippen molar-refractivity contribution in [2.45, 2.75) is 31.9 Å². The van der Waals surface area contributed by atoms with Gasteiger partial charge >= 0.3 is 6.18 Å². The van der Waals surface area contributed by atoms with Crippen LogP contribution in [0.1, 0.15) is 29.8 Å². The molecular formula is C20H18F4N4O3. The van der Waals surface area contributed by atoms with Crippen LogP contribution in [0.4, 0.5) is 23.2 Å². The second kappa shape index (κ2) is 7.80. The SMILES string of the molecule is O=C1C=C(Nc2cc(F)ccc2-n2nc(C(F)(F)F)c3c2CCCC3)C(=O)N1CCO. The van der Waals surface area contributed by atoms with Gasteiger partial charge in [-0.15, -0.1) is 0 Å². The van der Waals surface area contributed by atoms with E-state index in [1.807, 2.05) is 0 Å². The van der Waals surface area contributed by atoms with Gasteiger partial charge in [-0.05, 0) is 43.9 Å². The number of fused-ring (bicyclic) bond motifs is 1. The highest BCUT2D eigenvalue weighted by atomic mass is 19.4. The first-order valence-electron chi connectivity index (χ1n) is 9.64. The van der Waals surface area contributed by atoms with Crippen LogP contribution >= 0.6 is 0 Å². The smallest absolute Gasteiger partial charge is 0.395 e. The van der Waals surface area contributed by atoms with Crippen LogP contribution in [0.5, 0.6) is 0 Å². The molecule has 0 unspecified atom stereocenters. The molecule has 0 radical (unpaired) electrons. The number of β-amino-alcohol motifs (C(OH)–C–C–N with tert-alkyl or cyclic N) is 1. The summed E-state index contributed by atoms with van der Waals surface area (Å²) in [5.41, 5.74) is -0.535. The molecule has 0 saturated carbocycles. The standard InChI is InChI=1S/C20H18F4N4O3/c21-11-5-6-16(13(9-11)25-14-10-17(30)27(7-8-29)19(14)31)28-15-4-2-1-3-12(15)18(26-28)20(22,23)24/h5-6,9-10,25,29H,1-4,7-8H2. The average molecular weight is 438 g/mol. The fourth-order valence-corrected chi connectivity index (χ4v) is 3.87. The first kappa shape index (κ1) is 21.0. The fourth-order valence-electron chi connectivity index (χ4n) is 3.87. The third kappa shape index (κ3) is 3.80. The number of nitrogens with zero attached hydrogens (tertiary/aromatic N) is 3. The van der Waals surface area contributed by atoms with Crippen molar-refractivity contribution in [2.24, 2.45) is 0 Å². The quantitative estimate of drug-likeness (QED) is 0.554. The van der Waals surface area contributed by atoms with Crippen LogP contribution < -0.4 is 5.32 Å². The monoisotopic (exact) mass is 438 g/mol. The minimum atomic E-state index is -4.64. The number of amides is 2. The van der Waals surface area contributed by atoms with Crippen molar-refractivity contribution in [3.8, 4) is 5.69 Å². The molecule has 2 N–H and O–H groups in total. The van der Waals surface area contributed by atoms with Crippen molar-refractivity contribution >= 4 is 17.5 Å². The number of imide groups is 1. The highest BCUT2D eigenvalue weighted by Gasteiger charge is 2.40. The largest absolute Gasteiger partial charge is 0.435 e. The zero-order valence-corrected chi connectivity index (χ0v) is 16.2. The minimum Gasteiger partial charge on any atom is -0.395 e. The lowest BCUT2D eigenvalue weighted by atomic mass is 9.95. The van der Waals surface area contributed by atoms with Gasteiger partial charge in [0.1, 0.15) is 11.5 Å². The summed E-state index contributed by atoms with van der Waals surface area (Å²) in [6.45, 7) is -0.638. The highest BCUT2D eigenvalue weighted by Crippen LogP contribution is 2.38. The van der Waals surface area contributed by atoms with Crippen molar-refractivity contribution < 1.29 is 32.3 Å². The number of aliphatic hydroxyl groups excluding tert-OH is 1. The van der Waals surface area contributed by atoms with Crippen LogP contribution in [0, 0.1) is 5.82 Å². The summed E-state index contributed by atoms with van der Waals surface area (Å²) in [6, 6.07) is 3.37. The maximum absolute atomic E-state index is 14.0. The van der Waals surface area contributed by atoms with Crippen LogP contribution in [-0.4, -0.2) is 44.8 Å². The molecule has 2 aliphatic rings. The minimum absolute atomic E-state index is 0.0113. The number of hydrogen-bond donors (Lipinski definition) is 2. The molecule has 4 rings (SSSR count). The zero-order chi connectivity index (χ0) is 22.3. The van der Waals surface area contributed by atoms with Crippen molar-refractivity contribution in [2.75, 3.05) is 18.5 Å². The van der Waals surface area contributed by atoms with Crippen molar-refractivity contribution in [1.29, 1.82) is 0 Å². The third-order valence-corrected chi connectivity index (χ3v) is 5.24. The number of alkyl halides is 3. The van der Waals surface area contributed by atoms with E-state index in [1.165, 1.54) is 6.07 Å². The predicted molar refractivity (Wildman–Crippen MR) is 101 cm³/mol. The van der Waals surface area contributed by atoms with Crippen LogP contribution in [0.25, 0.3) is 5.69 Å². The number of carbonyl (C=O) groups excluding carboxylic acids is 2. The van der Waals surface area contributed by atoms with E-state index in [0.29, 0.717) is 25.0 Å². The van der Waals surface area contributed by atoms with Crippen LogP contribution in [-0.2, 0) is 28.6 Å². The second-order valence-electron chi connectivity index (χ2n) is 7.25. The van der Waals surface area contributed by atoms with Gasteiger partial charge in [-0.2, -0.15) is 18.3 Å². The van der Waals surface area contributed by atoms with Gasteiger partial charge in [0.2, 0.25) is 0 Å². The molecule has 1 aromatic heterocycles. The number of anilines is 1. The van der Waals surface area contributed by atoms with Gasteiger partial charge in [0.25, 0.3) is 11.8 Å². The average Bonchev–Trinajstić information content (AvgIpc) is 3.22. The Hall–Kier alpha value is -3.21. The van der Waals surface area contributed by atoms with E-state index in [0.717, 1.165) is 27.8 Å². The van der Waals surface area contributed by atoms with E-state index in [-0.39, 0.29) is 35.6 Å². The van der Waals surface area contributed by atoms with Gasteiger partial charge in [0.15, 0.2) is 5.69 Å². The van der Waals surface area contributed by atoms with E-state index in [1.54, 1.807) is 0 Å². The molecule has 0 atom stereocenters. The van der Waals surface area contributed by atoms with Gasteiger partial charge in [0, 0.05) is 17.3 Å². The topological polar surface area (TPSA) is 87.5 Å². The fraction of sp³-hybridized carbons (Fsp3) is 0.350. The summed E-state index contributed by atoms with van der Waals surface area (Å²) in [6.07, 6.45) is -1.73. The van der Waals surface area contributed by atoms with Gasteiger partial charge in [-0.25, -0.2) is 9.07 Å². The first-order chi connectivity index (χ1) is 14.7. The van der Waals surface area contributed by atoms with Crippen LogP contribution in [0.15, 0.2) is 30.0 Å². The maximum Gasteiger partial charge on any atom is 0.435 e. The molecule has 1 aromatic carbocycles. The van der Waals surface area contributed by atoms with E-state index in [4.69, 9.17) is 5.11 Å². The van der Waals surface area contributed by atoms with Gasteiger partial charge in [-0.1, -0.05) is 0 Å². The first-order valence-corrected chi connectivity index (χ1v) is 9.64. The Morgan fingerprint density at radius 2 is 1.90 bits per heavy atom. The molecule has 2 heterocycles. The summed E-state index contributed by atoms with van der Waals surface area (Å²) >= 11 is 0. The Balaban J connectivity index is 1.78. The molecule has 2 aromatic rings. The molecule has 0 fully saturated rings. The Morgan fingerprint density at radius 1 is 1.16 bits per heavy atom. The molecule has 31 heavy (non-hydrogen) atoms. The summed E-state index contributed by atoms with van der Waals surface area (Å²) in [4.78, 5) is 25.2. The van der Waals surface area contributed by atoms with E-state index >= 15 is 0 Å². The Morgan fingerprint density at radius 3 is 2.61 bits per heavy atom. The predicted octanol–water partition coefficient (Wildman–Crippen LogP) is 2.57. The lowest BCUT2D eigenvalue weighted by molar-refractivity contribution is -0.142.